The van der Waals surface area contributed by atoms with E-state index >= 15 is 0 Å². The van der Waals surface area contributed by atoms with E-state index in [1.807, 2.05) is 0 Å². The number of aromatic amines is 1. The first kappa shape index (κ1) is 16.7. The van der Waals surface area contributed by atoms with Crippen LogP contribution in [0.25, 0.3) is 0 Å². The summed E-state index contributed by atoms with van der Waals surface area (Å²) in [4.78, 5) is 39.5. The van der Waals surface area contributed by atoms with Gasteiger partial charge in [0.25, 0.3) is 11.8 Å². The first-order valence-electron chi connectivity index (χ1n) is 6.89. The number of thioether (sulfide) groups is 1. The van der Waals surface area contributed by atoms with E-state index in [1.54, 1.807) is 6.92 Å². The number of aliphatic hydroxyl groups excluding tert-OH is 1. The molecule has 2 unspecified atom stereocenters. The molecule has 3 rings (SSSR count). The maximum atomic E-state index is 12.2. The van der Waals surface area contributed by atoms with Gasteiger partial charge >= 0.3 is 5.97 Å². The number of β-lactam (4-membered cyclic amide) rings is 1. The second kappa shape index (κ2) is 6.07. The normalized spacial score (nSPS) is 24.2. The van der Waals surface area contributed by atoms with Crippen LogP contribution in [0.1, 0.15) is 18.7 Å². The smallest absolute Gasteiger partial charge is 0.352 e. The fourth-order valence-corrected chi connectivity index (χ4v) is 4.50. The molecule has 24 heavy (non-hydrogen) atoms. The molecule has 0 bridgehead atoms. The number of carbonyl (C=O) groups excluding carboxylic acids is 2. The summed E-state index contributed by atoms with van der Waals surface area (Å²) in [6, 6.07) is -0.881. The highest BCUT2D eigenvalue weighted by atomic mass is 32.2. The average molecular weight is 370 g/mol. The maximum absolute atomic E-state index is 12.2. The van der Waals surface area contributed by atoms with E-state index in [4.69, 9.17) is 5.41 Å². The number of carboxylic acid groups (broad SMARTS) is 1. The van der Waals surface area contributed by atoms with Gasteiger partial charge < -0.3 is 20.5 Å². The number of nitrogens with zero attached hydrogens (tertiary/aromatic N) is 1. The number of nitrogens with one attached hydrogen (secondary N) is 3. The van der Waals surface area contributed by atoms with Gasteiger partial charge in [-0.3, -0.25) is 19.9 Å². The number of hydrogen-bond acceptors (Lipinski definition) is 7. The molecular formula is C13H14N4O5S2. The van der Waals surface area contributed by atoms with Gasteiger partial charge in [-0.05, 0) is 12.5 Å². The predicted molar refractivity (Wildman–Crippen MR) is 84.8 cm³/mol. The molecule has 1 aromatic rings. The van der Waals surface area contributed by atoms with E-state index in [9.17, 15) is 24.6 Å². The second-order valence-electron chi connectivity index (χ2n) is 5.38. The Morgan fingerprint density at radius 3 is 2.83 bits per heavy atom. The van der Waals surface area contributed by atoms with Crippen LogP contribution in [0.2, 0.25) is 0 Å². The van der Waals surface area contributed by atoms with E-state index < -0.39 is 35.3 Å². The molecule has 1 aromatic heterocycles. The average Bonchev–Trinajstić information content (AvgIpc) is 2.97. The second-order valence-corrected chi connectivity index (χ2v) is 7.36. The molecule has 2 aliphatic rings. The Labute approximate surface area is 143 Å². The lowest BCUT2D eigenvalue weighted by Gasteiger charge is -2.49. The Morgan fingerprint density at radius 1 is 1.54 bits per heavy atom. The number of aromatic nitrogens is 1. The highest BCUT2D eigenvalue weighted by Gasteiger charge is 2.54. The van der Waals surface area contributed by atoms with Crippen LogP contribution in [0.5, 0.6) is 0 Å². The number of aliphatic hydroxyl groups is 1. The summed E-state index contributed by atoms with van der Waals surface area (Å²) >= 11 is 2.39. The van der Waals surface area contributed by atoms with Gasteiger partial charge in [-0.2, -0.15) is 0 Å². The summed E-state index contributed by atoms with van der Waals surface area (Å²) < 4.78 is 0. The molecule has 0 aromatic carbocycles. The minimum Gasteiger partial charge on any atom is -0.477 e. The van der Waals surface area contributed by atoms with Gasteiger partial charge in [-0.25, -0.2) is 4.79 Å². The number of carboxylic acids is 1. The fourth-order valence-electron chi connectivity index (χ4n) is 2.59. The van der Waals surface area contributed by atoms with E-state index in [1.165, 1.54) is 22.0 Å². The van der Waals surface area contributed by atoms with Crippen molar-refractivity contribution in [2.24, 2.45) is 0 Å². The molecule has 1 saturated heterocycles. The zero-order valence-corrected chi connectivity index (χ0v) is 14.0. The van der Waals surface area contributed by atoms with Crippen LogP contribution in [-0.2, 0) is 14.4 Å². The largest absolute Gasteiger partial charge is 0.477 e. The quantitative estimate of drug-likeness (QED) is 0.445. The van der Waals surface area contributed by atoms with Crippen LogP contribution < -0.4 is 10.1 Å². The molecule has 0 spiro atoms. The van der Waals surface area contributed by atoms with Crippen molar-refractivity contribution >= 4 is 40.9 Å². The van der Waals surface area contributed by atoms with E-state index in [0.29, 0.717) is 11.3 Å². The third-order valence-electron chi connectivity index (χ3n) is 3.76. The zero-order chi connectivity index (χ0) is 17.6. The molecule has 0 radical (unpaired) electrons. The summed E-state index contributed by atoms with van der Waals surface area (Å²) in [5.74, 6) is -2.01. The van der Waals surface area contributed by atoms with E-state index in [2.05, 4.69) is 10.3 Å². The fraction of sp³-hybridized carbons (Fsp3) is 0.385. The van der Waals surface area contributed by atoms with Gasteiger partial charge in [-0.1, -0.05) is 0 Å². The van der Waals surface area contributed by atoms with Gasteiger partial charge in [0, 0.05) is 11.1 Å². The first-order valence-corrected chi connectivity index (χ1v) is 8.82. The Kier molecular flexibility index (Phi) is 4.24. The number of carbonyl (C=O) groups is 3. The summed E-state index contributed by atoms with van der Waals surface area (Å²) in [7, 11) is 0. The molecule has 11 heteroatoms. The summed E-state index contributed by atoms with van der Waals surface area (Å²) in [6.07, 6.45) is -1.52. The Balaban J connectivity index is 1.72. The molecule has 9 nitrogen and oxygen atoms in total. The number of thiazole rings is 1. The molecule has 0 saturated carbocycles. The summed E-state index contributed by atoms with van der Waals surface area (Å²) in [5.41, 5.74) is 0.724. The van der Waals surface area contributed by atoms with Gasteiger partial charge in [-0.15, -0.1) is 23.1 Å². The van der Waals surface area contributed by atoms with Crippen molar-refractivity contribution < 1.29 is 24.6 Å². The molecule has 2 aliphatic heterocycles. The molecule has 1 fully saturated rings. The van der Waals surface area contributed by atoms with Crippen molar-refractivity contribution in [2.45, 2.75) is 24.4 Å². The van der Waals surface area contributed by atoms with E-state index in [0.717, 1.165) is 11.3 Å². The van der Waals surface area contributed by atoms with Gasteiger partial charge in [0.2, 0.25) is 0 Å². The predicted octanol–water partition coefficient (Wildman–Crippen LogP) is -0.652. The Morgan fingerprint density at radius 2 is 2.25 bits per heavy atom. The van der Waals surface area contributed by atoms with Crippen molar-refractivity contribution in [3.8, 4) is 0 Å². The van der Waals surface area contributed by atoms with Gasteiger partial charge in [0.15, 0.2) is 10.9 Å². The van der Waals surface area contributed by atoms with Crippen molar-refractivity contribution in [3.63, 3.8) is 0 Å². The monoisotopic (exact) mass is 370 g/mol. The number of H-pyrrole nitrogens is 1. The first-order chi connectivity index (χ1) is 11.3. The van der Waals surface area contributed by atoms with Crippen LogP contribution in [-0.4, -0.2) is 55.0 Å². The van der Waals surface area contributed by atoms with Crippen LogP contribution in [0.15, 0.2) is 16.7 Å². The Bertz CT molecular complexity index is 813. The minimum absolute atomic E-state index is 0.0418. The number of fused-ring (bicyclic) bond motifs is 1. The third kappa shape index (κ3) is 2.64. The molecule has 5 N–H and O–H groups in total. The van der Waals surface area contributed by atoms with Crippen molar-refractivity contribution in [1.82, 2.24) is 15.2 Å². The van der Waals surface area contributed by atoms with Crippen molar-refractivity contribution in [3.05, 3.63) is 27.1 Å². The lowest BCUT2D eigenvalue weighted by molar-refractivity contribution is -0.151. The van der Waals surface area contributed by atoms with Gasteiger partial charge in [0.1, 0.15) is 17.1 Å². The summed E-state index contributed by atoms with van der Waals surface area (Å²) in [6.45, 7) is 1.65. The highest BCUT2D eigenvalue weighted by molar-refractivity contribution is 8.00. The third-order valence-corrected chi connectivity index (χ3v) is 5.90. The highest BCUT2D eigenvalue weighted by Crippen LogP contribution is 2.40. The number of amides is 2. The molecule has 0 aliphatic carbocycles. The van der Waals surface area contributed by atoms with Crippen LogP contribution in [0.3, 0.4) is 0 Å². The number of rotatable bonds is 4. The summed E-state index contributed by atoms with van der Waals surface area (Å²) in [5, 5.41) is 30.0. The van der Waals surface area contributed by atoms with Crippen molar-refractivity contribution in [1.29, 1.82) is 5.41 Å². The minimum atomic E-state index is -1.52. The molecule has 128 valence electrons. The van der Waals surface area contributed by atoms with Gasteiger partial charge in [0.05, 0.1) is 5.69 Å². The standard InChI is InChI=1S/C13H14N4O5S2/c1-4-2-23-11-6(10(20)17(11)7(4)12(21)22)16-9(19)8(18)5-3-24-13(14)15-5/h3,6,8,11,18H,2H2,1H3,(H2,14,15)(H,16,19)(H,21,22)/t6?,8?,11-/m0/s1. The maximum Gasteiger partial charge on any atom is 0.352 e. The van der Waals surface area contributed by atoms with Crippen LogP contribution in [0, 0.1) is 5.41 Å². The molecule has 3 heterocycles. The molecule has 2 amide bonds. The number of aliphatic carboxylic acids is 1. The molecular weight excluding hydrogens is 356 g/mol. The Hall–Kier alpha value is -2.11. The van der Waals surface area contributed by atoms with Crippen LogP contribution in [0.4, 0.5) is 0 Å². The SMILES string of the molecule is CC1=C(C(=O)O)N2C(=O)C(NC(=O)C(O)c3csc(=N)[nH]3)[C@@H]2SC1. The van der Waals surface area contributed by atoms with Crippen molar-refractivity contribution in [2.75, 3.05) is 5.75 Å². The topological polar surface area (TPSA) is 147 Å². The van der Waals surface area contributed by atoms with E-state index in [-0.39, 0.29) is 16.2 Å². The lowest BCUT2D eigenvalue weighted by Crippen LogP contribution is -2.70. The zero-order valence-electron chi connectivity index (χ0n) is 12.4. The number of hydrogen-bond donors (Lipinski definition) is 5. The lowest BCUT2D eigenvalue weighted by atomic mass is 10.0. The molecule has 3 atom stereocenters. The van der Waals surface area contributed by atoms with Crippen LogP contribution >= 0.6 is 23.1 Å².